The second kappa shape index (κ2) is 2.27. The predicted molar refractivity (Wildman–Crippen MR) is 31.8 cm³/mol. The molecule has 0 aromatic heterocycles. The van der Waals surface area contributed by atoms with Crippen LogP contribution < -0.4 is 19.7 Å². The normalized spacial score (nSPS) is 56.5. The third kappa shape index (κ3) is 0.818. The summed E-state index contributed by atoms with van der Waals surface area (Å²) in [5, 5.41) is 31.5. The summed E-state index contributed by atoms with van der Waals surface area (Å²) in [6.07, 6.45) is 1.23. The van der Waals surface area contributed by atoms with Crippen LogP contribution >= 0.6 is 10.6 Å². The number of rotatable bonds is 1. The van der Waals surface area contributed by atoms with E-state index < -0.39 is 24.4 Å². The zero-order valence-electron chi connectivity index (χ0n) is 5.12. The fourth-order valence-corrected chi connectivity index (χ4v) is 1.26. The van der Waals surface area contributed by atoms with Crippen LogP contribution in [0, 0.1) is 15.6 Å². The molecule has 8 nitrogen and oxygen atoms in total. The molecule has 1 fully saturated rings. The van der Waals surface area contributed by atoms with Crippen LogP contribution in [-0.4, -0.2) is 6.26 Å². The van der Waals surface area contributed by atoms with Crippen molar-refractivity contribution in [3.63, 3.8) is 0 Å². The summed E-state index contributed by atoms with van der Waals surface area (Å²) < 4.78 is -2.45. The Morgan fingerprint density at radius 1 is 1.50 bits per heavy atom. The lowest BCUT2D eigenvalue weighted by Crippen LogP contribution is -3.53. The van der Waals surface area contributed by atoms with Crippen molar-refractivity contribution in [3.05, 3.63) is 15.6 Å². The van der Waals surface area contributed by atoms with E-state index in [2.05, 4.69) is 4.94 Å². The highest BCUT2D eigenvalue weighted by molar-refractivity contribution is 8.17. The van der Waals surface area contributed by atoms with E-state index in [9.17, 15) is 15.6 Å². The number of quaternary nitrogens is 3. The van der Waals surface area contributed by atoms with Crippen LogP contribution in [0.5, 0.6) is 0 Å². The average Bonchev–Trinajstić information content (AvgIpc) is 1.86. The van der Waals surface area contributed by atoms with Crippen molar-refractivity contribution in [3.8, 4) is 0 Å². The number of nitrogens with two attached hydrogens (primary N) is 1. The minimum atomic E-state index is -2.57. The van der Waals surface area contributed by atoms with Crippen LogP contribution in [0.15, 0.2) is 0 Å². The topological polar surface area (TPSA) is 118 Å². The van der Waals surface area contributed by atoms with Crippen LogP contribution in [0.3, 0.4) is 0 Å². The van der Waals surface area contributed by atoms with Gasteiger partial charge in [0.25, 0.3) is 10.6 Å². The molecular formula is CH8N4O4S. The van der Waals surface area contributed by atoms with Crippen LogP contribution in [0.2, 0.25) is 0 Å². The Morgan fingerprint density at radius 2 is 1.90 bits per heavy atom. The van der Waals surface area contributed by atoms with Gasteiger partial charge in [-0.2, -0.15) is 10.4 Å². The molecule has 0 aliphatic carbocycles. The van der Waals surface area contributed by atoms with Gasteiger partial charge in [-0.1, -0.05) is 0 Å². The third-order valence-corrected chi connectivity index (χ3v) is 3.54. The lowest BCUT2D eigenvalue weighted by molar-refractivity contribution is -1.31. The first-order valence-electron chi connectivity index (χ1n) is 2.33. The van der Waals surface area contributed by atoms with Crippen molar-refractivity contribution in [2.75, 3.05) is 6.26 Å². The fraction of sp³-hybridized carbons (Fsp3) is 1.00. The first-order valence-corrected chi connectivity index (χ1v) is 4.37. The summed E-state index contributed by atoms with van der Waals surface area (Å²) in [5.41, 5.74) is 0. The maximum Gasteiger partial charge on any atom is 0.257 e. The van der Waals surface area contributed by atoms with E-state index in [1.54, 1.807) is 0 Å². The van der Waals surface area contributed by atoms with E-state index >= 15 is 0 Å². The SMILES string of the molecule is CS1([NH+](N)[O-])[NH+]([O-])O[NH+]1[O-]. The maximum atomic E-state index is 10.5. The molecule has 1 aliphatic rings. The molecule has 0 amide bonds. The zero-order chi connectivity index (χ0) is 7.94. The van der Waals surface area contributed by atoms with Gasteiger partial charge in [0.1, 0.15) is 6.26 Å². The van der Waals surface area contributed by atoms with Crippen molar-refractivity contribution in [2.45, 2.75) is 0 Å². The Hall–Kier alpha value is 0.0300. The van der Waals surface area contributed by atoms with Gasteiger partial charge in [0, 0.05) is 4.94 Å². The van der Waals surface area contributed by atoms with E-state index in [0.29, 0.717) is 0 Å². The summed E-state index contributed by atoms with van der Waals surface area (Å²) in [7, 11) is -2.57. The molecule has 0 aromatic rings. The molecule has 62 valence electrons. The van der Waals surface area contributed by atoms with Crippen LogP contribution in [0.1, 0.15) is 0 Å². The summed E-state index contributed by atoms with van der Waals surface area (Å²) >= 11 is 0. The minimum Gasteiger partial charge on any atom is -0.595 e. The largest absolute Gasteiger partial charge is 0.595 e. The van der Waals surface area contributed by atoms with Gasteiger partial charge in [-0.15, -0.1) is 0 Å². The molecule has 0 spiro atoms. The highest BCUT2D eigenvalue weighted by atomic mass is 32.3. The maximum absolute atomic E-state index is 10.5. The molecule has 1 saturated heterocycles. The number of hydrogen-bond acceptors (Lipinski definition) is 5. The fourth-order valence-electron chi connectivity index (χ4n) is 0.433. The third-order valence-electron chi connectivity index (χ3n) is 1.24. The molecule has 1 heterocycles. The molecule has 0 radical (unpaired) electrons. The lowest BCUT2D eigenvalue weighted by atomic mass is 12.0. The lowest BCUT2D eigenvalue weighted by Gasteiger charge is -2.52. The highest BCUT2D eigenvalue weighted by Crippen LogP contribution is 2.13. The van der Waals surface area contributed by atoms with Crippen LogP contribution in [0.4, 0.5) is 0 Å². The van der Waals surface area contributed by atoms with E-state index in [4.69, 9.17) is 5.84 Å². The molecule has 9 heteroatoms. The predicted octanol–water partition coefficient (Wildman–Crippen LogP) is -4.95. The Labute approximate surface area is 58.1 Å². The quantitative estimate of drug-likeness (QED) is 0.179. The molecule has 0 saturated carbocycles. The highest BCUT2D eigenvalue weighted by Gasteiger charge is 2.54. The standard InChI is InChI=1S/CH8N4O4S/c1-10(3(2)6)4(7)9-5(10)8/h3-5H,2H2,1H3. The monoisotopic (exact) mass is 172 g/mol. The summed E-state index contributed by atoms with van der Waals surface area (Å²) in [4.78, 5) is 3.97. The molecular weight excluding hydrogens is 164 g/mol. The molecule has 0 bridgehead atoms. The van der Waals surface area contributed by atoms with Crippen molar-refractivity contribution in [1.29, 1.82) is 0 Å². The van der Waals surface area contributed by atoms with Gasteiger partial charge in [0.2, 0.25) is 0 Å². The smallest absolute Gasteiger partial charge is 0.257 e. The first kappa shape index (κ1) is 8.13. The molecule has 10 heavy (non-hydrogen) atoms. The van der Waals surface area contributed by atoms with E-state index in [1.165, 1.54) is 6.26 Å². The van der Waals surface area contributed by atoms with Crippen LogP contribution in [-0.2, 0) is 4.94 Å². The molecule has 5 N–H and O–H groups in total. The van der Waals surface area contributed by atoms with Gasteiger partial charge in [-0.3, -0.25) is 0 Å². The zero-order valence-corrected chi connectivity index (χ0v) is 5.94. The molecule has 3 unspecified atom stereocenters. The first-order chi connectivity index (χ1) is 4.49. The second-order valence-electron chi connectivity index (χ2n) is 1.84. The van der Waals surface area contributed by atoms with Crippen LogP contribution in [0.25, 0.3) is 0 Å². The van der Waals surface area contributed by atoms with Gasteiger partial charge < -0.3 is 15.6 Å². The van der Waals surface area contributed by atoms with Crippen molar-refractivity contribution in [1.82, 2.24) is 0 Å². The Kier molecular flexibility index (Phi) is 1.84. The Bertz CT molecular complexity index is 124. The molecule has 1 aliphatic heterocycles. The Morgan fingerprint density at radius 3 is 2.00 bits per heavy atom. The van der Waals surface area contributed by atoms with Gasteiger partial charge in [0.15, 0.2) is 0 Å². The van der Waals surface area contributed by atoms with E-state index in [-0.39, 0.29) is 0 Å². The van der Waals surface area contributed by atoms with Crippen molar-refractivity contribution >= 4 is 10.6 Å². The minimum absolute atomic E-state index is 0.787. The summed E-state index contributed by atoms with van der Waals surface area (Å²) in [6, 6.07) is 0. The Balaban J connectivity index is 2.66. The average molecular weight is 172 g/mol. The molecule has 0 aromatic carbocycles. The molecule has 3 atom stereocenters. The second-order valence-corrected chi connectivity index (χ2v) is 4.75. The van der Waals surface area contributed by atoms with Gasteiger partial charge in [0.05, 0.1) is 0 Å². The summed E-state index contributed by atoms with van der Waals surface area (Å²) in [6.45, 7) is 0. The van der Waals surface area contributed by atoms with Gasteiger partial charge >= 0.3 is 0 Å². The van der Waals surface area contributed by atoms with Gasteiger partial charge in [-0.25, -0.2) is 0 Å². The van der Waals surface area contributed by atoms with E-state index in [1.807, 2.05) is 0 Å². The van der Waals surface area contributed by atoms with E-state index in [0.717, 1.165) is 0 Å². The van der Waals surface area contributed by atoms with Gasteiger partial charge in [-0.05, 0) is 9.26 Å². The van der Waals surface area contributed by atoms with Crippen molar-refractivity contribution in [2.24, 2.45) is 5.84 Å². The van der Waals surface area contributed by atoms with Crippen molar-refractivity contribution < 1.29 is 18.8 Å². The summed E-state index contributed by atoms with van der Waals surface area (Å²) in [5.74, 6) is 4.79. The number of hydrogen-bond donors (Lipinski definition) is 4. The molecule has 1 rings (SSSR count). The number of nitrogens with one attached hydrogen (secondary N) is 3.